The van der Waals surface area contributed by atoms with E-state index in [1.54, 1.807) is 12.1 Å². The number of aromatic nitrogens is 2. The number of anilines is 2. The minimum atomic E-state index is -3.78. The van der Waals surface area contributed by atoms with Gasteiger partial charge in [-0.2, -0.15) is 4.98 Å². The van der Waals surface area contributed by atoms with Crippen LogP contribution in [0.3, 0.4) is 0 Å². The van der Waals surface area contributed by atoms with Crippen molar-refractivity contribution in [2.24, 2.45) is 11.7 Å². The summed E-state index contributed by atoms with van der Waals surface area (Å²) in [5.74, 6) is -0.185. The number of primary amides is 1. The van der Waals surface area contributed by atoms with Gasteiger partial charge in [-0.1, -0.05) is 17.7 Å². The number of hydrogen-bond donors (Lipinski definition) is 2. The van der Waals surface area contributed by atoms with E-state index in [0.717, 1.165) is 5.56 Å². The molecule has 1 aromatic carbocycles. The first-order valence-corrected chi connectivity index (χ1v) is 9.76. The highest BCUT2D eigenvalue weighted by Crippen LogP contribution is 2.27. The molecule has 8 nitrogen and oxygen atoms in total. The molecule has 4 N–H and O–H groups in total. The van der Waals surface area contributed by atoms with E-state index in [0.29, 0.717) is 31.9 Å². The molecule has 1 aromatic heterocycles. The van der Waals surface area contributed by atoms with Crippen molar-refractivity contribution < 1.29 is 13.2 Å². The molecule has 0 unspecified atom stereocenters. The monoisotopic (exact) mass is 375 g/mol. The van der Waals surface area contributed by atoms with E-state index in [1.807, 2.05) is 11.8 Å². The van der Waals surface area contributed by atoms with Crippen LogP contribution in [0.5, 0.6) is 0 Å². The lowest BCUT2D eigenvalue weighted by Crippen LogP contribution is -2.39. The zero-order valence-corrected chi connectivity index (χ0v) is 15.2. The highest BCUT2D eigenvalue weighted by atomic mass is 32.2. The quantitative estimate of drug-likeness (QED) is 0.811. The van der Waals surface area contributed by atoms with Crippen LogP contribution in [0.15, 0.2) is 40.3 Å². The predicted octanol–water partition coefficient (Wildman–Crippen LogP) is 0.902. The highest BCUT2D eigenvalue weighted by molar-refractivity contribution is 7.91. The van der Waals surface area contributed by atoms with Gasteiger partial charge < -0.3 is 16.4 Å². The molecule has 26 heavy (non-hydrogen) atoms. The number of rotatable bonds is 4. The van der Waals surface area contributed by atoms with Gasteiger partial charge in [0.1, 0.15) is 10.7 Å². The first-order chi connectivity index (χ1) is 12.3. The van der Waals surface area contributed by atoms with Gasteiger partial charge >= 0.3 is 0 Å². The number of piperidine rings is 1. The minimum Gasteiger partial charge on any atom is -0.382 e. The first kappa shape index (κ1) is 18.1. The Labute approximate surface area is 152 Å². The Balaban J connectivity index is 1.84. The molecule has 0 radical (unpaired) electrons. The Hall–Kier alpha value is -2.68. The maximum Gasteiger partial charge on any atom is 0.227 e. The molecule has 1 aliphatic rings. The third kappa shape index (κ3) is 3.48. The van der Waals surface area contributed by atoms with Gasteiger partial charge in [-0.05, 0) is 31.9 Å². The Morgan fingerprint density at radius 2 is 1.81 bits per heavy atom. The first-order valence-electron chi connectivity index (χ1n) is 8.27. The predicted molar refractivity (Wildman–Crippen MR) is 97.2 cm³/mol. The van der Waals surface area contributed by atoms with Gasteiger partial charge in [0.25, 0.3) is 0 Å². The molecule has 2 heterocycles. The van der Waals surface area contributed by atoms with E-state index in [1.165, 1.54) is 18.3 Å². The van der Waals surface area contributed by atoms with Crippen molar-refractivity contribution in [1.29, 1.82) is 0 Å². The third-order valence-corrected chi connectivity index (χ3v) is 6.36. The molecule has 0 spiro atoms. The van der Waals surface area contributed by atoms with Crippen LogP contribution in [-0.4, -0.2) is 37.4 Å². The van der Waals surface area contributed by atoms with E-state index in [-0.39, 0.29) is 27.4 Å². The van der Waals surface area contributed by atoms with Crippen molar-refractivity contribution in [2.45, 2.75) is 29.6 Å². The van der Waals surface area contributed by atoms with Gasteiger partial charge in [0, 0.05) is 19.0 Å². The molecule has 0 atom stereocenters. The van der Waals surface area contributed by atoms with Gasteiger partial charge in [0.2, 0.25) is 21.7 Å². The maximum absolute atomic E-state index is 12.7. The molecule has 1 saturated heterocycles. The van der Waals surface area contributed by atoms with E-state index >= 15 is 0 Å². The van der Waals surface area contributed by atoms with E-state index < -0.39 is 9.84 Å². The van der Waals surface area contributed by atoms with Crippen LogP contribution in [0, 0.1) is 12.8 Å². The average Bonchev–Trinajstić information content (AvgIpc) is 2.62. The number of benzene rings is 1. The summed E-state index contributed by atoms with van der Waals surface area (Å²) >= 11 is 0. The Bertz CT molecular complexity index is 920. The van der Waals surface area contributed by atoms with Gasteiger partial charge in [0.15, 0.2) is 0 Å². The summed E-state index contributed by atoms with van der Waals surface area (Å²) in [6.45, 7) is 3.01. The fourth-order valence-electron chi connectivity index (χ4n) is 2.94. The number of aryl methyl sites for hydroxylation is 1. The number of nitrogen functional groups attached to an aromatic ring is 1. The molecule has 0 bridgehead atoms. The Morgan fingerprint density at radius 3 is 2.35 bits per heavy atom. The summed E-state index contributed by atoms with van der Waals surface area (Å²) in [7, 11) is -3.78. The standard InChI is InChI=1S/C17H21N5O3S/c1-11-2-4-13(5-3-11)26(24,25)14-10-20-17(21-15(14)18)22-8-6-12(7-9-22)16(19)23/h2-5,10,12H,6-9H2,1H3,(H2,19,23)(H2,18,20,21). The second-order valence-electron chi connectivity index (χ2n) is 6.40. The summed E-state index contributed by atoms with van der Waals surface area (Å²) in [4.78, 5) is 21.5. The molecule has 2 aromatic rings. The van der Waals surface area contributed by atoms with Crippen molar-refractivity contribution in [2.75, 3.05) is 23.7 Å². The van der Waals surface area contributed by atoms with Crippen molar-refractivity contribution >= 4 is 27.5 Å². The minimum absolute atomic E-state index is 0.0902. The van der Waals surface area contributed by atoms with Crippen LogP contribution in [0.25, 0.3) is 0 Å². The summed E-state index contributed by atoms with van der Waals surface area (Å²) < 4.78 is 25.5. The van der Waals surface area contributed by atoms with Gasteiger partial charge in [-0.3, -0.25) is 4.79 Å². The lowest BCUT2D eigenvalue weighted by Gasteiger charge is -2.30. The SMILES string of the molecule is Cc1ccc(S(=O)(=O)c2cnc(N3CCC(C(N)=O)CC3)nc2N)cc1. The molecular formula is C17H21N5O3S. The van der Waals surface area contributed by atoms with Crippen LogP contribution in [0.4, 0.5) is 11.8 Å². The van der Waals surface area contributed by atoms with Crippen LogP contribution < -0.4 is 16.4 Å². The zero-order valence-electron chi connectivity index (χ0n) is 14.4. The topological polar surface area (TPSA) is 132 Å². The van der Waals surface area contributed by atoms with Crippen LogP contribution >= 0.6 is 0 Å². The van der Waals surface area contributed by atoms with Gasteiger partial charge in [-0.25, -0.2) is 13.4 Å². The number of amides is 1. The van der Waals surface area contributed by atoms with Crippen molar-refractivity contribution in [3.63, 3.8) is 0 Å². The second kappa shape index (κ2) is 6.91. The summed E-state index contributed by atoms with van der Waals surface area (Å²) in [6.07, 6.45) is 2.47. The molecule has 1 fully saturated rings. The number of sulfone groups is 1. The normalized spacial score (nSPS) is 15.8. The summed E-state index contributed by atoms with van der Waals surface area (Å²) in [5, 5.41) is 0. The smallest absolute Gasteiger partial charge is 0.227 e. The molecule has 3 rings (SSSR count). The average molecular weight is 375 g/mol. The van der Waals surface area contributed by atoms with Crippen molar-refractivity contribution in [1.82, 2.24) is 9.97 Å². The molecule has 0 saturated carbocycles. The van der Waals surface area contributed by atoms with Gasteiger partial charge in [0.05, 0.1) is 11.1 Å². The third-order valence-electron chi connectivity index (χ3n) is 4.57. The van der Waals surface area contributed by atoms with Crippen LogP contribution in [0.2, 0.25) is 0 Å². The molecule has 138 valence electrons. The van der Waals surface area contributed by atoms with Crippen molar-refractivity contribution in [3.05, 3.63) is 36.0 Å². The molecular weight excluding hydrogens is 354 g/mol. The molecule has 1 aliphatic heterocycles. The largest absolute Gasteiger partial charge is 0.382 e. The zero-order chi connectivity index (χ0) is 18.9. The molecule has 1 amide bonds. The highest BCUT2D eigenvalue weighted by Gasteiger charge is 2.27. The number of hydrogen-bond acceptors (Lipinski definition) is 7. The maximum atomic E-state index is 12.7. The van der Waals surface area contributed by atoms with E-state index in [2.05, 4.69) is 9.97 Å². The van der Waals surface area contributed by atoms with E-state index in [4.69, 9.17) is 11.5 Å². The van der Waals surface area contributed by atoms with Crippen LogP contribution in [0.1, 0.15) is 18.4 Å². The van der Waals surface area contributed by atoms with Crippen LogP contribution in [-0.2, 0) is 14.6 Å². The Morgan fingerprint density at radius 1 is 1.19 bits per heavy atom. The molecule has 0 aliphatic carbocycles. The Kier molecular flexibility index (Phi) is 4.82. The van der Waals surface area contributed by atoms with E-state index in [9.17, 15) is 13.2 Å². The number of nitrogens with zero attached hydrogens (tertiary/aromatic N) is 3. The summed E-state index contributed by atoms with van der Waals surface area (Å²) in [6, 6.07) is 6.52. The fourth-order valence-corrected chi connectivity index (χ4v) is 4.20. The lowest BCUT2D eigenvalue weighted by molar-refractivity contribution is -0.122. The second-order valence-corrected chi connectivity index (χ2v) is 8.32. The number of carbonyl (C=O) groups is 1. The number of nitrogens with two attached hydrogens (primary N) is 2. The fraction of sp³-hybridized carbons (Fsp3) is 0.353. The summed E-state index contributed by atoms with van der Waals surface area (Å²) in [5.41, 5.74) is 12.2. The lowest BCUT2D eigenvalue weighted by atomic mass is 9.96. The van der Waals surface area contributed by atoms with Gasteiger partial charge in [-0.15, -0.1) is 0 Å². The molecule has 9 heteroatoms. The van der Waals surface area contributed by atoms with Crippen molar-refractivity contribution in [3.8, 4) is 0 Å². The number of carbonyl (C=O) groups excluding carboxylic acids is 1.